The Kier molecular flexibility index (Phi) is 4.55. The lowest BCUT2D eigenvalue weighted by Gasteiger charge is -2.09. The molecule has 0 amide bonds. The molecule has 0 aliphatic carbocycles. The molecule has 0 bridgehead atoms. The minimum Gasteiger partial charge on any atom is -0.383 e. The normalized spacial score (nSPS) is 11.4. The molecule has 0 unspecified atom stereocenters. The second kappa shape index (κ2) is 7.51. The summed E-state index contributed by atoms with van der Waals surface area (Å²) in [6, 6.07) is 13.1. The van der Waals surface area contributed by atoms with Gasteiger partial charge < -0.3 is 21.0 Å². The predicted octanol–water partition coefficient (Wildman–Crippen LogP) is 4.41. The van der Waals surface area contributed by atoms with Crippen LogP contribution in [0.15, 0.2) is 61.1 Å². The van der Waals surface area contributed by atoms with Gasteiger partial charge in [0.1, 0.15) is 11.6 Å². The molecule has 3 aromatic heterocycles. The summed E-state index contributed by atoms with van der Waals surface area (Å²) >= 11 is 0. The third-order valence-electron chi connectivity index (χ3n) is 5.32. The minimum absolute atomic E-state index is 0.244. The molecule has 5 aromatic rings. The van der Waals surface area contributed by atoms with Gasteiger partial charge in [-0.3, -0.25) is 0 Å². The van der Waals surface area contributed by atoms with E-state index < -0.39 is 0 Å². The van der Waals surface area contributed by atoms with Crippen molar-refractivity contribution in [1.82, 2.24) is 19.9 Å². The van der Waals surface area contributed by atoms with E-state index in [0.717, 1.165) is 39.5 Å². The Bertz CT molecular complexity index is 1340. The third kappa shape index (κ3) is 3.57. The molecule has 2 aromatic carbocycles. The molecule has 6 nitrogen and oxygen atoms in total. The fourth-order valence-electron chi connectivity index (χ4n) is 3.75. The highest BCUT2D eigenvalue weighted by Gasteiger charge is 2.08. The summed E-state index contributed by atoms with van der Waals surface area (Å²) in [6.07, 6.45) is 7.05. The molecule has 7 heteroatoms. The van der Waals surface area contributed by atoms with E-state index in [1.165, 1.54) is 17.5 Å². The van der Waals surface area contributed by atoms with E-state index >= 15 is 0 Å². The molecule has 0 aliphatic heterocycles. The van der Waals surface area contributed by atoms with Crippen molar-refractivity contribution >= 4 is 33.6 Å². The number of nitrogens with zero attached hydrogens (tertiary/aromatic N) is 2. The smallest absolute Gasteiger partial charge is 0.224 e. The van der Waals surface area contributed by atoms with E-state index in [1.807, 2.05) is 12.4 Å². The first-order valence-electron chi connectivity index (χ1n) is 9.82. The van der Waals surface area contributed by atoms with Gasteiger partial charge in [-0.25, -0.2) is 9.37 Å². The van der Waals surface area contributed by atoms with E-state index in [9.17, 15) is 4.39 Å². The van der Waals surface area contributed by atoms with Crippen molar-refractivity contribution in [2.45, 2.75) is 12.8 Å². The first-order valence-corrected chi connectivity index (χ1v) is 9.82. The fraction of sp³-hybridized carbons (Fsp3) is 0.130. The largest absolute Gasteiger partial charge is 0.383 e. The van der Waals surface area contributed by atoms with E-state index in [4.69, 9.17) is 5.73 Å². The van der Waals surface area contributed by atoms with Gasteiger partial charge in [-0.2, -0.15) is 4.98 Å². The second-order valence-electron chi connectivity index (χ2n) is 7.36. The number of nitrogens with two attached hydrogens (primary N) is 1. The van der Waals surface area contributed by atoms with Crippen LogP contribution in [-0.4, -0.2) is 26.5 Å². The van der Waals surface area contributed by atoms with Crippen molar-refractivity contribution in [3.8, 4) is 0 Å². The summed E-state index contributed by atoms with van der Waals surface area (Å²) in [5.41, 5.74) is 11.3. The Balaban J connectivity index is 1.24. The molecule has 0 aliphatic rings. The molecule has 3 heterocycles. The van der Waals surface area contributed by atoms with Gasteiger partial charge in [0.05, 0.1) is 0 Å². The number of nitrogen functional groups attached to an aromatic ring is 1. The van der Waals surface area contributed by atoms with Crippen LogP contribution in [0.25, 0.3) is 21.8 Å². The standard InChI is InChI=1S/C23H21FN6/c24-18-2-3-19-16(12-28-21(19)11-18)6-8-27-23-29-13-17(22(25)30-23)10-14-1-4-20-15(9-14)5-7-26-20/h1-5,7,9,11-13,26,28H,6,8,10H2,(H3,25,27,29,30). The average Bonchev–Trinajstić information content (AvgIpc) is 3.36. The zero-order valence-electron chi connectivity index (χ0n) is 16.2. The number of rotatable bonds is 6. The summed E-state index contributed by atoms with van der Waals surface area (Å²) in [4.78, 5) is 15.1. The van der Waals surface area contributed by atoms with E-state index in [-0.39, 0.29) is 5.82 Å². The zero-order chi connectivity index (χ0) is 20.5. The number of aromatic nitrogens is 4. The lowest BCUT2D eigenvalue weighted by atomic mass is 10.1. The first-order chi connectivity index (χ1) is 14.7. The molecule has 0 radical (unpaired) electrons. The highest BCUT2D eigenvalue weighted by atomic mass is 19.1. The Labute approximate surface area is 172 Å². The molecule has 5 rings (SSSR count). The van der Waals surface area contributed by atoms with Gasteiger partial charge in [-0.1, -0.05) is 6.07 Å². The number of anilines is 2. The summed E-state index contributed by atoms with van der Waals surface area (Å²) in [5.74, 6) is 0.735. The van der Waals surface area contributed by atoms with Crippen molar-refractivity contribution < 1.29 is 4.39 Å². The van der Waals surface area contributed by atoms with Crippen molar-refractivity contribution in [2.24, 2.45) is 0 Å². The lowest BCUT2D eigenvalue weighted by molar-refractivity contribution is 0.629. The number of fused-ring (bicyclic) bond motifs is 2. The van der Waals surface area contributed by atoms with Gasteiger partial charge in [0.15, 0.2) is 0 Å². The number of nitrogens with one attached hydrogen (secondary N) is 3. The van der Waals surface area contributed by atoms with Crippen LogP contribution >= 0.6 is 0 Å². The first kappa shape index (κ1) is 18.2. The third-order valence-corrected chi connectivity index (χ3v) is 5.32. The number of hydrogen-bond acceptors (Lipinski definition) is 4. The van der Waals surface area contributed by atoms with Gasteiger partial charge in [0, 0.05) is 53.5 Å². The van der Waals surface area contributed by atoms with Crippen LogP contribution in [0.5, 0.6) is 0 Å². The lowest BCUT2D eigenvalue weighted by Crippen LogP contribution is -2.10. The molecule has 0 atom stereocenters. The Morgan fingerprint density at radius 1 is 1.00 bits per heavy atom. The summed E-state index contributed by atoms with van der Waals surface area (Å²) in [6.45, 7) is 0.646. The maximum Gasteiger partial charge on any atom is 0.224 e. The fourth-order valence-corrected chi connectivity index (χ4v) is 3.75. The van der Waals surface area contributed by atoms with Crippen LogP contribution in [0.4, 0.5) is 16.2 Å². The van der Waals surface area contributed by atoms with Crippen LogP contribution in [0.3, 0.4) is 0 Å². The molecule has 0 saturated carbocycles. The van der Waals surface area contributed by atoms with Crippen molar-refractivity contribution in [3.63, 3.8) is 0 Å². The summed E-state index contributed by atoms with van der Waals surface area (Å²) in [5, 5.41) is 5.41. The molecule has 0 saturated heterocycles. The van der Waals surface area contributed by atoms with Gasteiger partial charge in [-0.05, 0) is 59.3 Å². The minimum atomic E-state index is -0.244. The Morgan fingerprint density at radius 3 is 2.83 bits per heavy atom. The molecular weight excluding hydrogens is 379 g/mol. The monoisotopic (exact) mass is 400 g/mol. The van der Waals surface area contributed by atoms with Crippen LogP contribution in [0.1, 0.15) is 16.7 Å². The summed E-state index contributed by atoms with van der Waals surface area (Å²) in [7, 11) is 0. The maximum absolute atomic E-state index is 13.3. The van der Waals surface area contributed by atoms with Crippen LogP contribution in [0.2, 0.25) is 0 Å². The van der Waals surface area contributed by atoms with E-state index in [0.29, 0.717) is 24.7 Å². The predicted molar refractivity (Wildman–Crippen MR) is 118 cm³/mol. The number of halogens is 1. The van der Waals surface area contributed by atoms with Crippen LogP contribution in [0, 0.1) is 5.82 Å². The van der Waals surface area contributed by atoms with Gasteiger partial charge in [-0.15, -0.1) is 0 Å². The summed E-state index contributed by atoms with van der Waals surface area (Å²) < 4.78 is 13.3. The van der Waals surface area contributed by atoms with Gasteiger partial charge in [0.25, 0.3) is 0 Å². The highest BCUT2D eigenvalue weighted by Crippen LogP contribution is 2.21. The number of hydrogen-bond donors (Lipinski definition) is 4. The number of H-pyrrole nitrogens is 2. The topological polar surface area (TPSA) is 95.4 Å². The maximum atomic E-state index is 13.3. The zero-order valence-corrected chi connectivity index (χ0v) is 16.2. The number of aromatic amines is 2. The van der Waals surface area contributed by atoms with Crippen molar-refractivity contribution in [3.05, 3.63) is 83.6 Å². The van der Waals surface area contributed by atoms with E-state index in [1.54, 1.807) is 12.3 Å². The van der Waals surface area contributed by atoms with Gasteiger partial charge >= 0.3 is 0 Å². The Hall–Kier alpha value is -3.87. The van der Waals surface area contributed by atoms with Crippen LogP contribution < -0.4 is 11.1 Å². The molecule has 5 N–H and O–H groups in total. The molecule has 150 valence electrons. The van der Waals surface area contributed by atoms with Crippen LogP contribution in [-0.2, 0) is 12.8 Å². The van der Waals surface area contributed by atoms with Gasteiger partial charge in [0.2, 0.25) is 5.95 Å². The molecular formula is C23H21FN6. The molecule has 0 fully saturated rings. The number of benzene rings is 2. The average molecular weight is 400 g/mol. The molecule has 0 spiro atoms. The SMILES string of the molecule is Nc1nc(NCCc2c[nH]c3cc(F)ccc23)ncc1Cc1ccc2[nH]ccc2c1. The van der Waals surface area contributed by atoms with Crippen molar-refractivity contribution in [2.75, 3.05) is 17.6 Å². The van der Waals surface area contributed by atoms with Crippen molar-refractivity contribution in [1.29, 1.82) is 0 Å². The molecule has 30 heavy (non-hydrogen) atoms. The second-order valence-corrected chi connectivity index (χ2v) is 7.36. The quantitative estimate of drug-likeness (QED) is 0.340. The Morgan fingerprint density at radius 2 is 1.93 bits per heavy atom. The highest BCUT2D eigenvalue weighted by molar-refractivity contribution is 5.83. The van der Waals surface area contributed by atoms with E-state index in [2.05, 4.69) is 49.5 Å².